The van der Waals surface area contributed by atoms with Crippen molar-refractivity contribution >= 4 is 17.7 Å². The summed E-state index contributed by atoms with van der Waals surface area (Å²) in [6, 6.07) is 15.1. The van der Waals surface area contributed by atoms with Crippen LogP contribution in [-0.2, 0) is 17.4 Å². The van der Waals surface area contributed by atoms with Crippen molar-refractivity contribution in [3.05, 3.63) is 117 Å². The van der Waals surface area contributed by atoms with Gasteiger partial charge < -0.3 is 15.2 Å². The Labute approximate surface area is 266 Å². The van der Waals surface area contributed by atoms with E-state index < -0.39 is 59.0 Å². The van der Waals surface area contributed by atoms with E-state index in [-0.39, 0.29) is 34.4 Å². The van der Waals surface area contributed by atoms with Crippen molar-refractivity contribution in [2.45, 2.75) is 49.5 Å². The molecule has 4 aromatic rings. The van der Waals surface area contributed by atoms with Gasteiger partial charge >= 0.3 is 12.1 Å². The van der Waals surface area contributed by atoms with E-state index in [4.69, 9.17) is 9.84 Å². The highest BCUT2D eigenvalue weighted by Gasteiger charge is 2.38. The number of aliphatic carboxylic acids is 1. The highest BCUT2D eigenvalue weighted by Crippen LogP contribution is 2.45. The summed E-state index contributed by atoms with van der Waals surface area (Å²) < 4.78 is 79.7. The molecule has 1 aliphatic heterocycles. The van der Waals surface area contributed by atoms with Gasteiger partial charge in [-0.05, 0) is 54.8 Å². The van der Waals surface area contributed by atoms with Crippen molar-refractivity contribution in [2.75, 3.05) is 19.4 Å². The monoisotopic (exact) mass is 658 g/mol. The second-order valence-corrected chi connectivity index (χ2v) is 11.9. The molecule has 2 heterocycles. The number of aromatic nitrogens is 1. The zero-order valence-corrected chi connectivity index (χ0v) is 25.8. The van der Waals surface area contributed by atoms with Crippen LogP contribution >= 0.6 is 11.8 Å². The number of hydrogen-bond acceptors (Lipinski definition) is 5. The first-order chi connectivity index (χ1) is 21.9. The van der Waals surface area contributed by atoms with Crippen LogP contribution in [0.15, 0.2) is 76.6 Å². The van der Waals surface area contributed by atoms with Crippen LogP contribution in [-0.4, -0.2) is 35.1 Å². The predicted octanol–water partition coefficient (Wildman–Crippen LogP) is 7.56. The molecule has 6 nitrogen and oxygen atoms in total. The minimum absolute atomic E-state index is 0.0646. The molecule has 1 aliphatic rings. The molecule has 0 saturated heterocycles. The van der Waals surface area contributed by atoms with Gasteiger partial charge in [0, 0.05) is 29.7 Å². The van der Waals surface area contributed by atoms with Gasteiger partial charge in [-0.3, -0.25) is 14.2 Å². The maximum absolute atomic E-state index is 15.8. The van der Waals surface area contributed by atoms with E-state index in [1.54, 1.807) is 0 Å². The molecule has 3 aromatic carbocycles. The number of carboxylic acids is 1. The lowest BCUT2D eigenvalue weighted by molar-refractivity contribution is -0.138. The van der Waals surface area contributed by atoms with Gasteiger partial charge in [0.05, 0.1) is 35.3 Å². The van der Waals surface area contributed by atoms with Gasteiger partial charge in [-0.2, -0.15) is 13.2 Å². The van der Waals surface area contributed by atoms with E-state index in [1.165, 1.54) is 48.6 Å². The smallest absolute Gasteiger partial charge is 0.416 e. The number of methoxy groups -OCH3 is 1. The summed E-state index contributed by atoms with van der Waals surface area (Å²) in [5.74, 6) is -2.61. The fourth-order valence-electron chi connectivity index (χ4n) is 5.97. The lowest BCUT2D eigenvalue weighted by Crippen LogP contribution is -2.36. The van der Waals surface area contributed by atoms with Crippen LogP contribution in [0.2, 0.25) is 0 Å². The van der Waals surface area contributed by atoms with Crippen molar-refractivity contribution < 1.29 is 36.6 Å². The van der Waals surface area contributed by atoms with E-state index >= 15 is 8.78 Å². The number of thioether (sulfide) groups is 1. The maximum Gasteiger partial charge on any atom is 0.416 e. The van der Waals surface area contributed by atoms with Crippen molar-refractivity contribution in [3.63, 3.8) is 0 Å². The van der Waals surface area contributed by atoms with Crippen molar-refractivity contribution in [3.8, 4) is 16.9 Å². The Hall–Kier alpha value is -4.16. The minimum atomic E-state index is -4.84. The number of pyridine rings is 1. The summed E-state index contributed by atoms with van der Waals surface area (Å²) in [6.07, 6.45) is -5.09. The molecule has 2 N–H and O–H groups in total. The first kappa shape index (κ1) is 33.2. The zero-order chi connectivity index (χ0) is 33.2. The van der Waals surface area contributed by atoms with E-state index in [0.717, 1.165) is 23.8 Å². The van der Waals surface area contributed by atoms with Crippen LogP contribution in [0.3, 0.4) is 0 Å². The molecule has 1 aromatic heterocycles. The average Bonchev–Trinajstić information content (AvgIpc) is 3.45. The molecule has 0 amide bonds. The largest absolute Gasteiger partial charge is 0.494 e. The lowest BCUT2D eigenvalue weighted by Gasteiger charge is -2.28. The van der Waals surface area contributed by atoms with Gasteiger partial charge in [0.25, 0.3) is 5.56 Å². The first-order valence-electron chi connectivity index (χ1n) is 14.5. The molecule has 5 rings (SSSR count). The predicted molar refractivity (Wildman–Crippen MR) is 165 cm³/mol. The Kier molecular flexibility index (Phi) is 9.88. The quantitative estimate of drug-likeness (QED) is 0.128. The Morgan fingerprint density at radius 2 is 1.78 bits per heavy atom. The summed E-state index contributed by atoms with van der Waals surface area (Å²) in [4.78, 5) is 25.6. The number of carboxylic acid groups (broad SMARTS) is 1. The van der Waals surface area contributed by atoms with Crippen molar-refractivity contribution in [1.29, 1.82) is 0 Å². The fraction of sp³-hybridized carbons (Fsp3) is 0.294. The molecular weight excluding hydrogens is 627 g/mol. The fourth-order valence-corrected chi connectivity index (χ4v) is 7.40. The number of ether oxygens (including phenoxy) is 1. The SMILES string of the molecule is COc1cccc(-c2c(C)c(Cc3c(F)cccc3C(F)(F)F)c3n(c2=O)C(C(NCCCC(=O)O)c2ccccc2)CS3)c1F. The third-order valence-electron chi connectivity index (χ3n) is 8.17. The number of hydrogen-bond donors (Lipinski definition) is 2. The van der Waals surface area contributed by atoms with Gasteiger partial charge in [-0.15, -0.1) is 11.8 Å². The summed E-state index contributed by atoms with van der Waals surface area (Å²) >= 11 is 1.26. The molecule has 0 radical (unpaired) electrons. The van der Waals surface area contributed by atoms with Crippen LogP contribution in [0, 0.1) is 18.6 Å². The van der Waals surface area contributed by atoms with Crippen LogP contribution in [0.1, 0.15) is 52.7 Å². The number of alkyl halides is 3. The summed E-state index contributed by atoms with van der Waals surface area (Å²) in [6.45, 7) is 1.84. The van der Waals surface area contributed by atoms with E-state index in [9.17, 15) is 22.8 Å². The van der Waals surface area contributed by atoms with Crippen LogP contribution in [0.25, 0.3) is 11.1 Å². The summed E-state index contributed by atoms with van der Waals surface area (Å²) in [5, 5.41) is 12.9. The number of fused-ring (bicyclic) bond motifs is 1. The van der Waals surface area contributed by atoms with E-state index in [2.05, 4.69) is 5.32 Å². The van der Waals surface area contributed by atoms with E-state index in [1.807, 2.05) is 30.3 Å². The Morgan fingerprint density at radius 1 is 1.07 bits per heavy atom. The molecule has 0 bridgehead atoms. The average molecular weight is 659 g/mol. The highest BCUT2D eigenvalue weighted by molar-refractivity contribution is 7.99. The minimum Gasteiger partial charge on any atom is -0.494 e. The first-order valence-corrected chi connectivity index (χ1v) is 15.5. The summed E-state index contributed by atoms with van der Waals surface area (Å²) in [5.41, 5.74) is -1.12. The molecule has 46 heavy (non-hydrogen) atoms. The van der Waals surface area contributed by atoms with E-state index in [0.29, 0.717) is 23.7 Å². The molecule has 2 unspecified atom stereocenters. The van der Waals surface area contributed by atoms with Crippen LogP contribution in [0.5, 0.6) is 5.75 Å². The van der Waals surface area contributed by atoms with Gasteiger partial charge in [0.1, 0.15) is 5.82 Å². The molecule has 0 aliphatic carbocycles. The third kappa shape index (κ3) is 6.54. The van der Waals surface area contributed by atoms with Gasteiger partial charge in [0.15, 0.2) is 11.6 Å². The van der Waals surface area contributed by atoms with Crippen molar-refractivity contribution in [2.24, 2.45) is 0 Å². The Bertz CT molecular complexity index is 1810. The van der Waals surface area contributed by atoms with Crippen LogP contribution in [0.4, 0.5) is 22.0 Å². The lowest BCUT2D eigenvalue weighted by atomic mass is 9.91. The third-order valence-corrected chi connectivity index (χ3v) is 9.39. The number of halogens is 5. The molecule has 0 spiro atoms. The second-order valence-electron chi connectivity index (χ2n) is 10.9. The molecule has 2 atom stereocenters. The normalized spacial score (nSPS) is 15.1. The second kappa shape index (κ2) is 13.7. The molecule has 0 fully saturated rings. The number of rotatable bonds is 11. The maximum atomic E-state index is 15.8. The van der Waals surface area contributed by atoms with Crippen molar-refractivity contribution in [1.82, 2.24) is 9.88 Å². The number of nitrogens with one attached hydrogen (secondary N) is 1. The number of carbonyl (C=O) groups is 1. The Morgan fingerprint density at radius 3 is 2.46 bits per heavy atom. The number of benzene rings is 3. The van der Waals surface area contributed by atoms with Gasteiger partial charge in [-0.1, -0.05) is 48.5 Å². The van der Waals surface area contributed by atoms with Gasteiger partial charge in [-0.25, -0.2) is 8.78 Å². The summed E-state index contributed by atoms with van der Waals surface area (Å²) in [7, 11) is 1.28. The zero-order valence-electron chi connectivity index (χ0n) is 25.0. The molecular formula is C34H31F5N2O4S. The standard InChI is InChI=1S/C34H31F5N2O4S/c1-19-22(17-23-24(34(37,38)39)12-7-13-25(23)35)33-41(32(44)29(19)21-11-6-14-27(45-2)30(21)36)26(18-46-33)31(20-9-4-3-5-10-20)40-16-8-15-28(42)43/h3-7,9-14,26,31,40H,8,15-18H2,1-2H3,(H,42,43). The number of nitrogens with zero attached hydrogens (tertiary/aromatic N) is 1. The highest BCUT2D eigenvalue weighted by atomic mass is 32.2. The van der Waals surface area contributed by atoms with Crippen LogP contribution < -0.4 is 15.6 Å². The molecule has 242 valence electrons. The Balaban J connectivity index is 1.74. The molecule has 0 saturated carbocycles. The topological polar surface area (TPSA) is 80.6 Å². The molecule has 12 heteroatoms. The van der Waals surface area contributed by atoms with Gasteiger partial charge in [0.2, 0.25) is 0 Å².